The normalized spacial score (nSPS) is 19.4. The van der Waals surface area contributed by atoms with E-state index < -0.39 is 23.6 Å². The number of benzene rings is 1. The Morgan fingerprint density at radius 1 is 1.29 bits per heavy atom. The molecule has 0 spiro atoms. The minimum atomic E-state index is -4.58. The fourth-order valence-corrected chi connectivity index (χ4v) is 3.78. The number of carbonyl (C=O) groups is 1. The summed E-state index contributed by atoms with van der Waals surface area (Å²) in [7, 11) is 0. The van der Waals surface area contributed by atoms with Gasteiger partial charge in [0.2, 0.25) is 0 Å². The lowest BCUT2D eigenvalue weighted by Gasteiger charge is -2.40. The number of piperidine rings is 1. The largest absolute Gasteiger partial charge is 0.434 e. The zero-order valence-electron chi connectivity index (χ0n) is 18.7. The summed E-state index contributed by atoms with van der Waals surface area (Å²) in [5.41, 5.74) is -1.04. The van der Waals surface area contributed by atoms with Gasteiger partial charge in [0.1, 0.15) is 11.6 Å². The van der Waals surface area contributed by atoms with Crippen molar-refractivity contribution in [3.05, 3.63) is 65.5 Å². The number of amidine groups is 1. The number of aliphatic imine (C=N–C) groups is 2. The number of nitrogens with zero attached hydrogens (tertiary/aromatic N) is 5. The third-order valence-electron chi connectivity index (χ3n) is 5.49. The van der Waals surface area contributed by atoms with Crippen LogP contribution in [0, 0.1) is 5.82 Å². The lowest BCUT2D eigenvalue weighted by molar-refractivity contribution is -0.141. The molecule has 0 unspecified atom stereocenters. The van der Waals surface area contributed by atoms with Gasteiger partial charge < -0.3 is 10.2 Å². The highest BCUT2D eigenvalue weighted by molar-refractivity contribution is 6.11. The van der Waals surface area contributed by atoms with Crippen LogP contribution in [0.1, 0.15) is 48.3 Å². The zero-order chi connectivity index (χ0) is 24.9. The van der Waals surface area contributed by atoms with Crippen LogP contribution in [0.4, 0.5) is 23.4 Å². The molecule has 180 valence electrons. The Kier molecular flexibility index (Phi) is 7.75. The van der Waals surface area contributed by atoms with E-state index in [0.29, 0.717) is 25.6 Å². The van der Waals surface area contributed by atoms with E-state index in [2.05, 4.69) is 32.0 Å². The number of hydrogen-bond acceptors (Lipinski definition) is 5. The van der Waals surface area contributed by atoms with E-state index in [4.69, 9.17) is 0 Å². The molecule has 1 aromatic carbocycles. The molecule has 1 aliphatic heterocycles. The third kappa shape index (κ3) is 5.46. The first kappa shape index (κ1) is 25.0. The zero-order valence-corrected chi connectivity index (χ0v) is 18.7. The molecule has 0 bridgehead atoms. The Balaban J connectivity index is 1.85. The second-order valence-corrected chi connectivity index (χ2v) is 7.67. The molecule has 1 aliphatic rings. The highest BCUT2D eigenvalue weighted by Gasteiger charge is 2.35. The van der Waals surface area contributed by atoms with E-state index in [9.17, 15) is 22.4 Å². The summed E-state index contributed by atoms with van der Waals surface area (Å²) in [6.07, 6.45) is 1.45. The lowest BCUT2D eigenvalue weighted by Crippen LogP contribution is -2.52. The molecule has 0 aliphatic carbocycles. The number of halogens is 4. The summed E-state index contributed by atoms with van der Waals surface area (Å²) in [5, 5.41) is 3.06. The number of allylic oxidation sites excluding steroid dienone is 1. The maximum atomic E-state index is 14.7. The summed E-state index contributed by atoms with van der Waals surface area (Å²) in [4.78, 5) is 30.1. The van der Waals surface area contributed by atoms with Crippen LogP contribution in [0.5, 0.6) is 0 Å². The Morgan fingerprint density at radius 3 is 2.68 bits per heavy atom. The van der Waals surface area contributed by atoms with E-state index in [1.165, 1.54) is 24.4 Å². The number of alkyl halides is 3. The van der Waals surface area contributed by atoms with E-state index in [0.717, 1.165) is 6.20 Å². The van der Waals surface area contributed by atoms with Crippen molar-refractivity contribution < 1.29 is 22.4 Å². The molecule has 1 fully saturated rings. The van der Waals surface area contributed by atoms with Crippen LogP contribution in [-0.4, -0.2) is 52.0 Å². The topological polar surface area (TPSA) is 82.8 Å². The second kappa shape index (κ2) is 10.5. The number of nitrogens with one attached hydrogen (secondary N) is 1. The first-order chi connectivity index (χ1) is 16.2. The number of carbonyl (C=O) groups excluding carboxylic acids is 1. The van der Waals surface area contributed by atoms with Gasteiger partial charge in [-0.2, -0.15) is 13.2 Å². The van der Waals surface area contributed by atoms with Gasteiger partial charge in [-0.1, -0.05) is 12.1 Å². The van der Waals surface area contributed by atoms with E-state index in [1.807, 2.05) is 6.92 Å². The summed E-state index contributed by atoms with van der Waals surface area (Å²) in [6.45, 7) is 7.41. The Labute approximate surface area is 194 Å². The number of amides is 1. The molecule has 1 saturated heterocycles. The second-order valence-electron chi connectivity index (χ2n) is 7.67. The van der Waals surface area contributed by atoms with Crippen LogP contribution < -0.4 is 5.32 Å². The number of likely N-dealkylation sites (tertiary alicyclic amines) is 1. The van der Waals surface area contributed by atoms with Gasteiger partial charge in [0.05, 0.1) is 23.5 Å². The number of anilines is 1. The molecule has 1 aromatic heterocycles. The monoisotopic (exact) mass is 476 g/mol. The fourth-order valence-electron chi connectivity index (χ4n) is 3.78. The van der Waals surface area contributed by atoms with Gasteiger partial charge in [-0.25, -0.2) is 24.3 Å². The molecule has 2 aromatic rings. The molecule has 0 radical (unpaired) electrons. The third-order valence-corrected chi connectivity index (χ3v) is 5.49. The van der Waals surface area contributed by atoms with Gasteiger partial charge in [0, 0.05) is 24.8 Å². The summed E-state index contributed by atoms with van der Waals surface area (Å²) in [5.74, 6) is -0.911. The van der Waals surface area contributed by atoms with Crippen LogP contribution >= 0.6 is 0 Å². The average molecular weight is 476 g/mol. The molecular formula is C23H24F4N6O. The smallest absolute Gasteiger partial charge is 0.364 e. The van der Waals surface area contributed by atoms with Crippen molar-refractivity contribution in [2.24, 2.45) is 9.98 Å². The molecule has 1 N–H and O–H groups in total. The van der Waals surface area contributed by atoms with Gasteiger partial charge in [-0.05, 0) is 45.5 Å². The predicted octanol–water partition coefficient (Wildman–Crippen LogP) is 4.72. The van der Waals surface area contributed by atoms with Gasteiger partial charge >= 0.3 is 6.18 Å². The van der Waals surface area contributed by atoms with Crippen molar-refractivity contribution >= 4 is 24.3 Å². The highest BCUT2D eigenvalue weighted by atomic mass is 19.4. The Morgan fingerprint density at radius 2 is 2.06 bits per heavy atom. The van der Waals surface area contributed by atoms with Crippen LogP contribution in [0.3, 0.4) is 0 Å². The average Bonchev–Trinajstić information content (AvgIpc) is 2.81. The minimum Gasteiger partial charge on any atom is -0.364 e. The molecular weight excluding hydrogens is 452 g/mol. The van der Waals surface area contributed by atoms with Gasteiger partial charge in [-0.3, -0.25) is 4.79 Å². The van der Waals surface area contributed by atoms with Crippen molar-refractivity contribution in [3.8, 4) is 0 Å². The number of aromatic nitrogens is 2. The van der Waals surface area contributed by atoms with Crippen LogP contribution in [0.25, 0.3) is 0 Å². The quantitative estimate of drug-likeness (QED) is 0.385. The molecule has 11 heteroatoms. The Hall–Kier alpha value is -3.63. The van der Waals surface area contributed by atoms with E-state index >= 15 is 0 Å². The SMILES string of the molecule is C=N/C(=N\C=C/C)c1c(F)cccc1C(=O)N1CCC[C@@H](Nc2cnc(C(F)(F)F)cn2)[C@@H]1C. The van der Waals surface area contributed by atoms with Crippen molar-refractivity contribution in [2.75, 3.05) is 11.9 Å². The van der Waals surface area contributed by atoms with Crippen molar-refractivity contribution in [2.45, 2.75) is 44.9 Å². The minimum absolute atomic E-state index is 0.0149. The summed E-state index contributed by atoms with van der Waals surface area (Å²) >= 11 is 0. The van der Waals surface area contributed by atoms with Crippen molar-refractivity contribution in [3.63, 3.8) is 0 Å². The molecule has 2 atom stereocenters. The predicted molar refractivity (Wildman–Crippen MR) is 121 cm³/mol. The summed E-state index contributed by atoms with van der Waals surface area (Å²) in [6, 6.07) is 3.49. The lowest BCUT2D eigenvalue weighted by atomic mass is 9.95. The molecule has 7 nitrogen and oxygen atoms in total. The van der Waals surface area contributed by atoms with Crippen molar-refractivity contribution in [1.29, 1.82) is 0 Å². The van der Waals surface area contributed by atoms with E-state index in [-0.39, 0.29) is 34.9 Å². The van der Waals surface area contributed by atoms with Crippen molar-refractivity contribution in [1.82, 2.24) is 14.9 Å². The Bertz CT molecular complexity index is 1100. The molecule has 0 saturated carbocycles. The molecule has 1 amide bonds. The summed E-state index contributed by atoms with van der Waals surface area (Å²) < 4.78 is 53.0. The van der Waals surface area contributed by atoms with Gasteiger partial charge in [0.15, 0.2) is 11.5 Å². The molecule has 3 rings (SSSR count). The first-order valence-electron chi connectivity index (χ1n) is 10.6. The van der Waals surface area contributed by atoms with Crippen LogP contribution in [0.2, 0.25) is 0 Å². The highest BCUT2D eigenvalue weighted by Crippen LogP contribution is 2.28. The van der Waals surface area contributed by atoms with Crippen LogP contribution in [0.15, 0.2) is 52.9 Å². The first-order valence-corrected chi connectivity index (χ1v) is 10.6. The maximum absolute atomic E-state index is 14.7. The van der Waals surface area contributed by atoms with E-state index in [1.54, 1.807) is 17.9 Å². The van der Waals surface area contributed by atoms with Crippen LogP contribution in [-0.2, 0) is 6.18 Å². The standard InChI is InChI=1S/C23H24F4N6O/c1-4-10-29-21(28-3)20-15(7-5-8-16(20)24)22(34)33-11-6-9-17(14(33)2)32-19-13-30-18(12-31-19)23(25,26)27/h4-5,7-8,10,12-14,17H,3,6,9,11H2,1-2H3,(H,31,32)/b10-4-,29-21-/t14-,17+/m0/s1. The molecule has 34 heavy (non-hydrogen) atoms. The number of rotatable bonds is 5. The number of hydrogen-bond donors (Lipinski definition) is 1. The maximum Gasteiger partial charge on any atom is 0.434 e. The fraction of sp³-hybridized carbons (Fsp3) is 0.348. The van der Waals surface area contributed by atoms with Gasteiger partial charge in [0.25, 0.3) is 5.91 Å². The van der Waals surface area contributed by atoms with Gasteiger partial charge in [-0.15, -0.1) is 0 Å². The molecule has 2 heterocycles.